The zero-order valence-electron chi connectivity index (χ0n) is 23.1. The van der Waals surface area contributed by atoms with Gasteiger partial charge in [0.15, 0.2) is 0 Å². The first kappa shape index (κ1) is 29.9. The summed E-state index contributed by atoms with van der Waals surface area (Å²) >= 11 is 1.45. The average molecular weight is 605 g/mol. The van der Waals surface area contributed by atoms with E-state index in [2.05, 4.69) is 25.3 Å². The molecule has 0 saturated heterocycles. The summed E-state index contributed by atoms with van der Waals surface area (Å²) in [5.41, 5.74) is 3.45. The lowest BCUT2D eigenvalue weighted by Gasteiger charge is -2.22. The zero-order valence-corrected chi connectivity index (χ0v) is 23.9. The maximum atomic E-state index is 12.5. The van der Waals surface area contributed by atoms with Gasteiger partial charge in [-0.2, -0.15) is 4.98 Å². The van der Waals surface area contributed by atoms with Gasteiger partial charge in [-0.3, -0.25) is 4.98 Å². The van der Waals surface area contributed by atoms with Gasteiger partial charge >= 0.3 is 6.36 Å². The van der Waals surface area contributed by atoms with Crippen molar-refractivity contribution in [3.63, 3.8) is 0 Å². The monoisotopic (exact) mass is 604 g/mol. The number of halogens is 3. The maximum Gasteiger partial charge on any atom is 0.573 e. The van der Waals surface area contributed by atoms with Crippen LogP contribution in [0.2, 0.25) is 0 Å². The number of thiazole rings is 1. The minimum absolute atomic E-state index is 0.104. The molecule has 5 atom stereocenters. The number of aromatic nitrogens is 4. The van der Waals surface area contributed by atoms with Crippen LogP contribution in [0.15, 0.2) is 36.5 Å². The van der Waals surface area contributed by atoms with Crippen molar-refractivity contribution >= 4 is 33.3 Å². The summed E-state index contributed by atoms with van der Waals surface area (Å²) in [6.07, 6.45) is -4.37. The van der Waals surface area contributed by atoms with Crippen LogP contribution in [0.5, 0.6) is 5.75 Å². The van der Waals surface area contributed by atoms with Gasteiger partial charge in [-0.1, -0.05) is 12.1 Å². The van der Waals surface area contributed by atoms with E-state index in [9.17, 15) is 28.5 Å². The molecule has 4 aromatic rings. The summed E-state index contributed by atoms with van der Waals surface area (Å²) in [5.74, 6) is 0.0453. The summed E-state index contributed by atoms with van der Waals surface area (Å²) in [4.78, 5) is 18.5. The number of nitrogens with one attached hydrogen (secondary N) is 2. The van der Waals surface area contributed by atoms with Gasteiger partial charge in [0.2, 0.25) is 5.95 Å². The molecule has 5 rings (SSSR count). The number of pyridine rings is 1. The predicted octanol–water partition coefficient (Wildman–Crippen LogP) is 4.74. The van der Waals surface area contributed by atoms with E-state index < -0.39 is 24.6 Å². The highest BCUT2D eigenvalue weighted by Crippen LogP contribution is 2.39. The smallest absolute Gasteiger partial charge is 0.406 e. The first-order valence-electron chi connectivity index (χ1n) is 13.4. The van der Waals surface area contributed by atoms with E-state index in [-0.39, 0.29) is 30.3 Å². The number of ether oxygens (including phenoxy) is 1. The lowest BCUT2D eigenvalue weighted by molar-refractivity contribution is -0.274. The largest absolute Gasteiger partial charge is 0.573 e. The zero-order chi connectivity index (χ0) is 30.2. The van der Waals surface area contributed by atoms with E-state index in [0.717, 1.165) is 15.9 Å². The molecular formula is C28H31F3N6O4S. The Morgan fingerprint density at radius 3 is 2.45 bits per heavy atom. The maximum absolute atomic E-state index is 12.5. The van der Waals surface area contributed by atoms with Crippen LogP contribution in [0.25, 0.3) is 20.8 Å². The van der Waals surface area contributed by atoms with E-state index in [1.165, 1.54) is 35.6 Å². The number of nitrogens with zero attached hydrogens (tertiary/aromatic N) is 4. The second-order valence-corrected chi connectivity index (χ2v) is 11.4. The van der Waals surface area contributed by atoms with E-state index >= 15 is 0 Å². The van der Waals surface area contributed by atoms with E-state index in [1.807, 2.05) is 26.8 Å². The highest BCUT2D eigenvalue weighted by Gasteiger charge is 2.41. The number of benzene rings is 1. The van der Waals surface area contributed by atoms with Gasteiger partial charge in [-0.05, 0) is 63.3 Å². The molecule has 1 aromatic carbocycles. The molecule has 3 heterocycles. The third-order valence-corrected chi connectivity index (χ3v) is 8.42. The molecule has 0 radical (unpaired) electrons. The van der Waals surface area contributed by atoms with Crippen molar-refractivity contribution in [3.8, 4) is 16.3 Å². The standard InChI is InChI=1S/C28H31F3N6O4S/c1-13(16-4-6-18(7-5-16)41-28(29,30)31)33-27-34-14(2)21(26-36-22-15(3)32-10-8-20(22)42-26)25(37-27)35-19-12-17(9-11-38)23(39)24(19)40/h4-8,10,13,17,19,23-24,38-40H,9,11-12H2,1-3H3,(H2,33,34,35,37)/t13-,17+,19?,23-,24+/m1/s1. The molecular weight excluding hydrogens is 573 g/mol. The van der Waals surface area contributed by atoms with Crippen LogP contribution in [0.4, 0.5) is 24.9 Å². The van der Waals surface area contributed by atoms with E-state index in [0.29, 0.717) is 40.5 Å². The van der Waals surface area contributed by atoms with Crippen molar-refractivity contribution in [1.29, 1.82) is 0 Å². The molecule has 0 amide bonds. The summed E-state index contributed by atoms with van der Waals surface area (Å²) < 4.78 is 42.5. The van der Waals surface area contributed by atoms with Crippen LogP contribution in [0.1, 0.15) is 42.8 Å². The number of alkyl halides is 3. The molecule has 14 heteroatoms. The predicted molar refractivity (Wildman–Crippen MR) is 152 cm³/mol. The van der Waals surface area contributed by atoms with Crippen molar-refractivity contribution in [3.05, 3.63) is 53.5 Å². The number of fused-ring (bicyclic) bond motifs is 1. The van der Waals surface area contributed by atoms with Crippen LogP contribution in [0, 0.1) is 19.8 Å². The highest BCUT2D eigenvalue weighted by atomic mass is 32.1. The third-order valence-electron chi connectivity index (χ3n) is 7.38. The second-order valence-electron chi connectivity index (χ2n) is 10.3. The Morgan fingerprint density at radius 2 is 1.79 bits per heavy atom. The number of anilines is 2. The minimum atomic E-state index is -4.78. The summed E-state index contributed by atoms with van der Waals surface area (Å²) in [5, 5.41) is 37.9. The molecule has 10 nitrogen and oxygen atoms in total. The van der Waals surface area contributed by atoms with E-state index in [1.54, 1.807) is 6.20 Å². The molecule has 0 aliphatic heterocycles. The minimum Gasteiger partial charge on any atom is -0.406 e. The first-order valence-corrected chi connectivity index (χ1v) is 14.2. The number of hydrogen-bond acceptors (Lipinski definition) is 11. The Balaban J connectivity index is 1.48. The van der Waals surface area contributed by atoms with Crippen LogP contribution >= 0.6 is 11.3 Å². The summed E-state index contributed by atoms with van der Waals surface area (Å²) in [6, 6.07) is 6.47. The van der Waals surface area contributed by atoms with Crippen molar-refractivity contribution < 1.29 is 33.2 Å². The molecule has 1 fully saturated rings. The Kier molecular flexibility index (Phi) is 8.51. The Labute approximate surface area is 243 Å². The number of hydrogen-bond donors (Lipinski definition) is 5. The quantitative estimate of drug-likeness (QED) is 0.182. The van der Waals surface area contributed by atoms with Crippen molar-refractivity contribution in [2.24, 2.45) is 5.92 Å². The molecule has 5 N–H and O–H groups in total. The molecule has 1 saturated carbocycles. The molecule has 1 aliphatic carbocycles. The van der Waals surface area contributed by atoms with Gasteiger partial charge in [0.05, 0.1) is 39.8 Å². The highest BCUT2D eigenvalue weighted by molar-refractivity contribution is 7.21. The molecule has 1 aliphatic rings. The van der Waals surface area contributed by atoms with Crippen molar-refractivity contribution in [2.45, 2.75) is 64.3 Å². The molecule has 224 valence electrons. The topological polar surface area (TPSA) is 146 Å². The number of aliphatic hydroxyl groups is 3. The fraction of sp³-hybridized carbons (Fsp3) is 0.429. The third kappa shape index (κ3) is 6.41. The number of aliphatic hydroxyl groups excluding tert-OH is 3. The SMILES string of the molecule is Cc1nc(N[C@H](C)c2ccc(OC(F)(F)F)cc2)nc(NC2C[C@H](CCO)[C@@H](O)[C@H]2O)c1-c1nc2c(C)nccc2s1. The summed E-state index contributed by atoms with van der Waals surface area (Å²) in [6.45, 7) is 5.40. The fourth-order valence-corrected chi connectivity index (χ4v) is 6.33. The average Bonchev–Trinajstić information content (AvgIpc) is 3.46. The van der Waals surface area contributed by atoms with Crippen molar-refractivity contribution in [2.75, 3.05) is 17.2 Å². The van der Waals surface area contributed by atoms with Crippen LogP contribution in [-0.2, 0) is 0 Å². The number of aryl methyl sites for hydroxylation is 2. The Morgan fingerprint density at radius 1 is 1.05 bits per heavy atom. The van der Waals surface area contributed by atoms with Crippen LogP contribution in [0.3, 0.4) is 0 Å². The molecule has 3 aromatic heterocycles. The first-order chi connectivity index (χ1) is 19.9. The Hall–Kier alpha value is -3.59. The molecule has 0 spiro atoms. The van der Waals surface area contributed by atoms with Gasteiger partial charge in [0.25, 0.3) is 0 Å². The van der Waals surface area contributed by atoms with Gasteiger partial charge in [0.1, 0.15) is 28.2 Å². The van der Waals surface area contributed by atoms with Crippen LogP contribution < -0.4 is 15.4 Å². The fourth-order valence-electron chi connectivity index (χ4n) is 5.22. The normalized spacial score (nSPS) is 21.5. The van der Waals surface area contributed by atoms with Gasteiger partial charge in [0, 0.05) is 12.8 Å². The van der Waals surface area contributed by atoms with Gasteiger partial charge in [-0.25, -0.2) is 9.97 Å². The van der Waals surface area contributed by atoms with E-state index in [4.69, 9.17) is 9.97 Å². The van der Waals surface area contributed by atoms with Gasteiger partial charge < -0.3 is 30.7 Å². The Bertz CT molecular complexity index is 1550. The van der Waals surface area contributed by atoms with Crippen LogP contribution in [-0.4, -0.2) is 66.5 Å². The second kappa shape index (κ2) is 12.0. The number of rotatable bonds is 9. The lowest BCUT2D eigenvalue weighted by Crippen LogP contribution is -2.35. The van der Waals surface area contributed by atoms with Crippen molar-refractivity contribution in [1.82, 2.24) is 19.9 Å². The molecule has 1 unspecified atom stereocenters. The van der Waals surface area contributed by atoms with Gasteiger partial charge in [-0.15, -0.1) is 24.5 Å². The summed E-state index contributed by atoms with van der Waals surface area (Å²) in [7, 11) is 0. The molecule has 0 bridgehead atoms. The lowest BCUT2D eigenvalue weighted by atomic mass is 10.0. The molecule has 42 heavy (non-hydrogen) atoms.